The standard InChI is InChI=1S/C14H15N5O/c1-10-12(8-17-19(10)2)7-15-13-5-3-11(4-6-13)14-18-16-9-20-14/h3-6,8-9,15H,7H2,1-2H3. The maximum absolute atomic E-state index is 5.15. The number of benzene rings is 1. The van der Waals surface area contributed by atoms with Crippen LogP contribution in [-0.4, -0.2) is 20.0 Å². The van der Waals surface area contributed by atoms with Crippen LogP contribution in [0, 0.1) is 6.92 Å². The van der Waals surface area contributed by atoms with E-state index in [1.165, 1.54) is 17.7 Å². The van der Waals surface area contributed by atoms with Crippen molar-refractivity contribution >= 4 is 5.69 Å². The molecule has 3 aromatic rings. The molecule has 0 bridgehead atoms. The lowest BCUT2D eigenvalue weighted by Crippen LogP contribution is -2.01. The second-order valence-electron chi connectivity index (χ2n) is 4.55. The number of hydrogen-bond donors (Lipinski definition) is 1. The van der Waals surface area contributed by atoms with Crippen molar-refractivity contribution in [2.45, 2.75) is 13.5 Å². The van der Waals surface area contributed by atoms with Crippen LogP contribution in [0.25, 0.3) is 11.5 Å². The molecule has 1 N–H and O–H groups in total. The first-order valence-corrected chi connectivity index (χ1v) is 6.32. The molecule has 0 spiro atoms. The number of rotatable bonds is 4. The van der Waals surface area contributed by atoms with Crippen LogP contribution in [0.5, 0.6) is 0 Å². The van der Waals surface area contributed by atoms with Gasteiger partial charge in [-0.2, -0.15) is 5.10 Å². The summed E-state index contributed by atoms with van der Waals surface area (Å²) < 4.78 is 7.02. The summed E-state index contributed by atoms with van der Waals surface area (Å²) in [6.45, 7) is 2.81. The van der Waals surface area contributed by atoms with E-state index in [9.17, 15) is 0 Å². The smallest absolute Gasteiger partial charge is 0.247 e. The fourth-order valence-electron chi connectivity index (χ4n) is 1.94. The number of nitrogens with one attached hydrogen (secondary N) is 1. The molecule has 0 aliphatic heterocycles. The summed E-state index contributed by atoms with van der Waals surface area (Å²) in [6, 6.07) is 7.88. The first kappa shape index (κ1) is 12.4. The van der Waals surface area contributed by atoms with Gasteiger partial charge in [-0.25, -0.2) is 0 Å². The largest absolute Gasteiger partial charge is 0.423 e. The summed E-state index contributed by atoms with van der Waals surface area (Å²) >= 11 is 0. The number of aromatic nitrogens is 4. The third-order valence-electron chi connectivity index (χ3n) is 3.31. The van der Waals surface area contributed by atoms with Gasteiger partial charge in [0.2, 0.25) is 12.3 Å². The molecular formula is C14H15N5O. The highest BCUT2D eigenvalue weighted by atomic mass is 16.4. The molecule has 2 aromatic heterocycles. The van der Waals surface area contributed by atoms with E-state index in [1.54, 1.807) is 0 Å². The van der Waals surface area contributed by atoms with Crippen LogP contribution in [0.2, 0.25) is 0 Å². The number of hydrogen-bond acceptors (Lipinski definition) is 5. The predicted octanol–water partition coefficient (Wildman–Crippen LogP) is 2.39. The van der Waals surface area contributed by atoms with E-state index in [4.69, 9.17) is 4.42 Å². The van der Waals surface area contributed by atoms with Gasteiger partial charge in [-0.05, 0) is 31.2 Å². The first-order valence-electron chi connectivity index (χ1n) is 6.32. The highest BCUT2D eigenvalue weighted by Crippen LogP contribution is 2.19. The summed E-state index contributed by atoms with van der Waals surface area (Å²) in [5, 5.41) is 15.1. The molecule has 0 unspecified atom stereocenters. The molecule has 0 saturated heterocycles. The van der Waals surface area contributed by atoms with Crippen LogP contribution in [0.1, 0.15) is 11.3 Å². The second kappa shape index (κ2) is 5.16. The molecule has 0 fully saturated rings. The molecule has 0 radical (unpaired) electrons. The van der Waals surface area contributed by atoms with Crippen molar-refractivity contribution in [2.75, 3.05) is 5.32 Å². The van der Waals surface area contributed by atoms with E-state index in [1.807, 2.05) is 42.2 Å². The summed E-state index contributed by atoms with van der Waals surface area (Å²) in [5.41, 5.74) is 4.30. The molecular weight excluding hydrogens is 254 g/mol. The van der Waals surface area contributed by atoms with Crippen LogP contribution in [-0.2, 0) is 13.6 Å². The normalized spacial score (nSPS) is 10.7. The van der Waals surface area contributed by atoms with Gasteiger partial charge in [0.15, 0.2) is 0 Å². The second-order valence-corrected chi connectivity index (χ2v) is 4.55. The minimum atomic E-state index is 0.527. The van der Waals surface area contributed by atoms with E-state index in [-0.39, 0.29) is 0 Å². The highest BCUT2D eigenvalue weighted by molar-refractivity contribution is 5.58. The van der Waals surface area contributed by atoms with Gasteiger partial charge in [0.1, 0.15) is 0 Å². The molecule has 2 heterocycles. The van der Waals surface area contributed by atoms with Crippen LogP contribution < -0.4 is 5.32 Å². The Morgan fingerprint density at radius 1 is 1.25 bits per heavy atom. The van der Waals surface area contributed by atoms with E-state index < -0.39 is 0 Å². The molecule has 3 rings (SSSR count). The Morgan fingerprint density at radius 2 is 2.05 bits per heavy atom. The maximum atomic E-state index is 5.15. The van der Waals surface area contributed by atoms with Crippen LogP contribution >= 0.6 is 0 Å². The number of aryl methyl sites for hydroxylation is 1. The van der Waals surface area contributed by atoms with E-state index in [2.05, 4.69) is 27.5 Å². The van der Waals surface area contributed by atoms with Gasteiger partial charge in [0.25, 0.3) is 0 Å². The van der Waals surface area contributed by atoms with Crippen molar-refractivity contribution in [3.05, 3.63) is 48.1 Å². The van der Waals surface area contributed by atoms with Crippen molar-refractivity contribution in [2.24, 2.45) is 7.05 Å². The van der Waals surface area contributed by atoms with E-state index in [0.29, 0.717) is 5.89 Å². The minimum absolute atomic E-state index is 0.527. The molecule has 0 amide bonds. The lowest BCUT2D eigenvalue weighted by Gasteiger charge is -2.06. The Labute approximate surface area is 116 Å². The van der Waals surface area contributed by atoms with Crippen LogP contribution in [0.4, 0.5) is 5.69 Å². The monoisotopic (exact) mass is 269 g/mol. The Balaban J connectivity index is 1.68. The summed E-state index contributed by atoms with van der Waals surface area (Å²) in [7, 11) is 1.94. The third kappa shape index (κ3) is 2.40. The zero-order valence-corrected chi connectivity index (χ0v) is 11.4. The summed E-state index contributed by atoms with van der Waals surface area (Å²) in [6.07, 6.45) is 3.21. The van der Waals surface area contributed by atoms with Crippen molar-refractivity contribution in [1.82, 2.24) is 20.0 Å². The fourth-order valence-corrected chi connectivity index (χ4v) is 1.94. The van der Waals surface area contributed by atoms with Crippen molar-refractivity contribution < 1.29 is 4.42 Å². The molecule has 20 heavy (non-hydrogen) atoms. The Kier molecular flexibility index (Phi) is 3.20. The lowest BCUT2D eigenvalue weighted by molar-refractivity contribution is 0.568. The summed E-state index contributed by atoms with van der Waals surface area (Å²) in [5.74, 6) is 0.527. The summed E-state index contributed by atoms with van der Waals surface area (Å²) in [4.78, 5) is 0. The van der Waals surface area contributed by atoms with Gasteiger partial charge in [-0.3, -0.25) is 4.68 Å². The highest BCUT2D eigenvalue weighted by Gasteiger charge is 2.05. The van der Waals surface area contributed by atoms with Crippen molar-refractivity contribution in [1.29, 1.82) is 0 Å². The molecule has 102 valence electrons. The first-order chi connectivity index (χ1) is 9.74. The average molecular weight is 269 g/mol. The van der Waals surface area contributed by atoms with Crippen LogP contribution in [0.3, 0.4) is 0 Å². The van der Waals surface area contributed by atoms with Gasteiger partial charge in [-0.15, -0.1) is 10.2 Å². The van der Waals surface area contributed by atoms with Gasteiger partial charge >= 0.3 is 0 Å². The third-order valence-corrected chi connectivity index (χ3v) is 3.31. The van der Waals surface area contributed by atoms with E-state index >= 15 is 0 Å². The number of nitrogens with zero attached hydrogens (tertiary/aromatic N) is 4. The van der Waals surface area contributed by atoms with E-state index in [0.717, 1.165) is 17.8 Å². The van der Waals surface area contributed by atoms with Crippen molar-refractivity contribution in [3.63, 3.8) is 0 Å². The van der Waals surface area contributed by atoms with Crippen molar-refractivity contribution in [3.8, 4) is 11.5 Å². The van der Waals surface area contributed by atoms with Gasteiger partial charge in [-0.1, -0.05) is 0 Å². The van der Waals surface area contributed by atoms with Gasteiger partial charge < -0.3 is 9.73 Å². The molecule has 0 atom stereocenters. The Morgan fingerprint density at radius 3 is 2.65 bits per heavy atom. The van der Waals surface area contributed by atoms with Crippen LogP contribution in [0.15, 0.2) is 41.3 Å². The minimum Gasteiger partial charge on any atom is -0.423 e. The SMILES string of the molecule is Cc1c(CNc2ccc(-c3nnco3)cc2)cnn1C. The average Bonchev–Trinajstić information content (AvgIpc) is 3.10. The van der Waals surface area contributed by atoms with Gasteiger partial charge in [0.05, 0.1) is 6.20 Å². The Hall–Kier alpha value is -2.63. The molecule has 0 aliphatic rings. The quantitative estimate of drug-likeness (QED) is 0.787. The lowest BCUT2D eigenvalue weighted by atomic mass is 10.2. The molecule has 6 heteroatoms. The topological polar surface area (TPSA) is 68.8 Å². The zero-order valence-electron chi connectivity index (χ0n) is 11.4. The fraction of sp³-hybridized carbons (Fsp3) is 0.214. The predicted molar refractivity (Wildman–Crippen MR) is 75.0 cm³/mol. The zero-order chi connectivity index (χ0) is 13.9. The molecule has 0 aliphatic carbocycles. The van der Waals surface area contributed by atoms with Gasteiger partial charge in [0, 0.05) is 36.1 Å². The molecule has 6 nitrogen and oxygen atoms in total. The molecule has 0 saturated carbocycles. The Bertz CT molecular complexity index is 685. The maximum Gasteiger partial charge on any atom is 0.247 e. The molecule has 1 aromatic carbocycles. The number of anilines is 1.